The van der Waals surface area contributed by atoms with E-state index in [9.17, 15) is 10.1 Å². The van der Waals surface area contributed by atoms with E-state index in [4.69, 9.17) is 9.47 Å². The highest BCUT2D eigenvalue weighted by Crippen LogP contribution is 2.32. The molecule has 0 saturated carbocycles. The molecule has 1 saturated heterocycles. The third-order valence-electron chi connectivity index (χ3n) is 3.78. The van der Waals surface area contributed by atoms with Crippen LogP contribution >= 0.6 is 0 Å². The molecule has 0 amide bonds. The number of carbonyl (C=O) groups excluding carboxylic acids is 1. The van der Waals surface area contributed by atoms with Gasteiger partial charge < -0.3 is 9.47 Å². The maximum absolute atomic E-state index is 12.6. The van der Waals surface area contributed by atoms with Crippen LogP contribution in [0.5, 0.6) is 5.75 Å². The molecule has 4 nitrogen and oxygen atoms in total. The SMILES string of the molecule is COc1ccc(C)cc1C(C#N)C(=O)C1OCCC1C. The normalized spacial score (nSPS) is 23.1. The maximum atomic E-state index is 12.6. The number of ether oxygens (including phenoxy) is 2. The summed E-state index contributed by atoms with van der Waals surface area (Å²) in [4.78, 5) is 12.6. The number of hydrogen-bond acceptors (Lipinski definition) is 4. The Morgan fingerprint density at radius 3 is 2.85 bits per heavy atom. The number of nitriles is 1. The fourth-order valence-electron chi connectivity index (χ4n) is 2.59. The molecule has 1 aliphatic rings. The fraction of sp³-hybridized carbons (Fsp3) is 0.500. The first kappa shape index (κ1) is 14.5. The largest absolute Gasteiger partial charge is 0.496 e. The van der Waals surface area contributed by atoms with Crippen molar-refractivity contribution in [2.24, 2.45) is 5.92 Å². The summed E-state index contributed by atoms with van der Waals surface area (Å²) < 4.78 is 10.8. The Hall–Kier alpha value is -1.86. The van der Waals surface area contributed by atoms with Gasteiger partial charge in [0.2, 0.25) is 0 Å². The second-order valence-corrected chi connectivity index (χ2v) is 5.27. The molecule has 0 bridgehead atoms. The van der Waals surface area contributed by atoms with Gasteiger partial charge in [-0.15, -0.1) is 0 Å². The van der Waals surface area contributed by atoms with Crippen molar-refractivity contribution in [2.45, 2.75) is 32.3 Å². The summed E-state index contributed by atoms with van der Waals surface area (Å²) >= 11 is 0. The number of rotatable bonds is 4. The van der Waals surface area contributed by atoms with Gasteiger partial charge in [-0.05, 0) is 25.3 Å². The molecule has 1 heterocycles. The molecule has 0 radical (unpaired) electrons. The first-order chi connectivity index (χ1) is 9.58. The van der Waals surface area contributed by atoms with Gasteiger partial charge in [-0.3, -0.25) is 4.79 Å². The van der Waals surface area contributed by atoms with Crippen LogP contribution in [0.1, 0.15) is 30.4 Å². The number of Topliss-reactive ketones (excluding diaryl/α,β-unsaturated/α-hetero) is 1. The molecule has 1 aliphatic heterocycles. The molecule has 0 aliphatic carbocycles. The van der Waals surface area contributed by atoms with Crippen molar-refractivity contribution in [1.29, 1.82) is 5.26 Å². The summed E-state index contributed by atoms with van der Waals surface area (Å²) in [6.45, 7) is 4.49. The molecule has 20 heavy (non-hydrogen) atoms. The van der Waals surface area contributed by atoms with E-state index < -0.39 is 12.0 Å². The molecule has 3 atom stereocenters. The van der Waals surface area contributed by atoms with Gasteiger partial charge in [0.25, 0.3) is 0 Å². The van der Waals surface area contributed by atoms with Gasteiger partial charge in [-0.1, -0.05) is 24.6 Å². The van der Waals surface area contributed by atoms with Crippen molar-refractivity contribution in [3.63, 3.8) is 0 Å². The predicted octanol–water partition coefficient (Wildman–Crippen LogP) is 2.60. The lowest BCUT2D eigenvalue weighted by molar-refractivity contribution is -0.129. The zero-order valence-electron chi connectivity index (χ0n) is 12.1. The van der Waals surface area contributed by atoms with Gasteiger partial charge in [-0.25, -0.2) is 0 Å². The van der Waals surface area contributed by atoms with Crippen LogP contribution in [-0.4, -0.2) is 25.6 Å². The molecule has 3 unspecified atom stereocenters. The van der Waals surface area contributed by atoms with E-state index in [1.54, 1.807) is 13.2 Å². The van der Waals surface area contributed by atoms with Crippen LogP contribution in [-0.2, 0) is 9.53 Å². The Balaban J connectivity index is 2.35. The first-order valence-corrected chi connectivity index (χ1v) is 6.78. The lowest BCUT2D eigenvalue weighted by Gasteiger charge is -2.19. The molecule has 1 aromatic carbocycles. The minimum atomic E-state index is -0.838. The molecule has 2 rings (SSSR count). The van der Waals surface area contributed by atoms with E-state index in [0.29, 0.717) is 17.9 Å². The van der Waals surface area contributed by atoms with Gasteiger partial charge in [0.05, 0.1) is 13.2 Å². The number of nitrogens with zero attached hydrogens (tertiary/aromatic N) is 1. The lowest BCUT2D eigenvalue weighted by Crippen LogP contribution is -2.30. The number of ketones is 1. The highest BCUT2D eigenvalue weighted by atomic mass is 16.5. The molecule has 0 spiro atoms. The third-order valence-corrected chi connectivity index (χ3v) is 3.78. The van der Waals surface area contributed by atoms with Crippen LogP contribution in [0.25, 0.3) is 0 Å². The van der Waals surface area contributed by atoms with E-state index >= 15 is 0 Å². The second kappa shape index (κ2) is 6.06. The topological polar surface area (TPSA) is 59.3 Å². The predicted molar refractivity (Wildman–Crippen MR) is 74.6 cm³/mol. The molecule has 0 aromatic heterocycles. The smallest absolute Gasteiger partial charge is 0.183 e. The minimum Gasteiger partial charge on any atom is -0.496 e. The van der Waals surface area contributed by atoms with Gasteiger partial charge in [0.1, 0.15) is 17.8 Å². The van der Waals surface area contributed by atoms with Crippen LogP contribution < -0.4 is 4.74 Å². The maximum Gasteiger partial charge on any atom is 0.183 e. The average Bonchev–Trinajstić information content (AvgIpc) is 2.86. The standard InChI is InChI=1S/C16H19NO3/c1-10-4-5-14(19-3)12(8-10)13(9-17)15(18)16-11(2)6-7-20-16/h4-5,8,11,13,16H,6-7H2,1-3H3. The van der Waals surface area contributed by atoms with Crippen molar-refractivity contribution in [1.82, 2.24) is 0 Å². The van der Waals surface area contributed by atoms with E-state index in [-0.39, 0.29) is 11.7 Å². The van der Waals surface area contributed by atoms with E-state index in [1.807, 2.05) is 26.0 Å². The van der Waals surface area contributed by atoms with Crippen molar-refractivity contribution in [3.8, 4) is 11.8 Å². The third kappa shape index (κ3) is 2.68. The van der Waals surface area contributed by atoms with Crippen LogP contribution in [0.4, 0.5) is 0 Å². The van der Waals surface area contributed by atoms with Crippen molar-refractivity contribution in [2.75, 3.05) is 13.7 Å². The number of methoxy groups -OCH3 is 1. The molecule has 4 heteroatoms. The highest BCUT2D eigenvalue weighted by molar-refractivity contribution is 5.93. The van der Waals surface area contributed by atoms with Crippen LogP contribution in [0.2, 0.25) is 0 Å². The highest BCUT2D eigenvalue weighted by Gasteiger charge is 2.37. The lowest BCUT2D eigenvalue weighted by atomic mass is 9.87. The zero-order chi connectivity index (χ0) is 14.7. The Labute approximate surface area is 119 Å². The number of benzene rings is 1. The van der Waals surface area contributed by atoms with Gasteiger partial charge in [0.15, 0.2) is 5.78 Å². The molecule has 1 aromatic rings. The zero-order valence-corrected chi connectivity index (χ0v) is 12.1. The van der Waals surface area contributed by atoms with Crippen molar-refractivity contribution in [3.05, 3.63) is 29.3 Å². The molecule has 106 valence electrons. The average molecular weight is 273 g/mol. The number of carbonyl (C=O) groups is 1. The summed E-state index contributed by atoms with van der Waals surface area (Å²) in [6.07, 6.45) is 0.379. The monoisotopic (exact) mass is 273 g/mol. The van der Waals surface area contributed by atoms with Crippen molar-refractivity contribution < 1.29 is 14.3 Å². The Morgan fingerprint density at radius 1 is 1.55 bits per heavy atom. The first-order valence-electron chi connectivity index (χ1n) is 6.78. The van der Waals surface area contributed by atoms with Gasteiger partial charge in [0, 0.05) is 12.2 Å². The van der Waals surface area contributed by atoms with E-state index in [2.05, 4.69) is 6.07 Å². The molecular formula is C16H19NO3. The van der Waals surface area contributed by atoms with Gasteiger partial charge >= 0.3 is 0 Å². The van der Waals surface area contributed by atoms with Crippen LogP contribution in [0, 0.1) is 24.2 Å². The molecular weight excluding hydrogens is 254 g/mol. The van der Waals surface area contributed by atoms with Crippen molar-refractivity contribution >= 4 is 5.78 Å². The number of aryl methyl sites for hydroxylation is 1. The van der Waals surface area contributed by atoms with E-state index in [1.165, 1.54) is 0 Å². The fourth-order valence-corrected chi connectivity index (χ4v) is 2.59. The molecule has 0 N–H and O–H groups in total. The van der Waals surface area contributed by atoms with Crippen LogP contribution in [0.3, 0.4) is 0 Å². The summed E-state index contributed by atoms with van der Waals surface area (Å²) in [6, 6.07) is 7.64. The van der Waals surface area contributed by atoms with Crippen LogP contribution in [0.15, 0.2) is 18.2 Å². The minimum absolute atomic E-state index is 0.161. The summed E-state index contributed by atoms with van der Waals surface area (Å²) in [5.41, 5.74) is 1.62. The summed E-state index contributed by atoms with van der Waals surface area (Å²) in [5.74, 6) is -0.271. The number of hydrogen-bond donors (Lipinski definition) is 0. The summed E-state index contributed by atoms with van der Waals surface area (Å²) in [7, 11) is 1.54. The quantitative estimate of drug-likeness (QED) is 0.846. The molecule has 1 fully saturated rings. The van der Waals surface area contributed by atoms with E-state index in [0.717, 1.165) is 12.0 Å². The summed E-state index contributed by atoms with van der Waals surface area (Å²) in [5, 5.41) is 9.43. The second-order valence-electron chi connectivity index (χ2n) is 5.27. The Bertz CT molecular complexity index is 547. The Morgan fingerprint density at radius 2 is 2.30 bits per heavy atom. The van der Waals surface area contributed by atoms with Gasteiger partial charge in [-0.2, -0.15) is 5.26 Å². The Kier molecular flexibility index (Phi) is 4.41.